The van der Waals surface area contributed by atoms with Crippen molar-refractivity contribution in [2.75, 3.05) is 29.1 Å². The summed E-state index contributed by atoms with van der Waals surface area (Å²) in [6, 6.07) is 14.7. The zero-order chi connectivity index (χ0) is 21.2. The SMILES string of the molecule is CC(C)CCOc1cccc(NC(=O)CNc2cccc(NC(=O)C(C)C)c2)c1. The number of anilines is 3. The van der Waals surface area contributed by atoms with E-state index in [-0.39, 0.29) is 24.3 Å². The molecule has 0 radical (unpaired) electrons. The van der Waals surface area contributed by atoms with Crippen molar-refractivity contribution in [3.8, 4) is 5.75 Å². The summed E-state index contributed by atoms with van der Waals surface area (Å²) in [7, 11) is 0. The van der Waals surface area contributed by atoms with Gasteiger partial charge in [-0.2, -0.15) is 0 Å². The van der Waals surface area contributed by atoms with Gasteiger partial charge >= 0.3 is 0 Å². The Morgan fingerprint density at radius 1 is 0.897 bits per heavy atom. The van der Waals surface area contributed by atoms with E-state index in [1.165, 1.54) is 0 Å². The Bertz CT molecular complexity index is 819. The molecule has 2 amide bonds. The molecule has 6 heteroatoms. The van der Waals surface area contributed by atoms with Gasteiger partial charge in [0.15, 0.2) is 0 Å². The maximum absolute atomic E-state index is 12.3. The van der Waals surface area contributed by atoms with Crippen molar-refractivity contribution >= 4 is 28.9 Å². The van der Waals surface area contributed by atoms with Gasteiger partial charge in [-0.3, -0.25) is 9.59 Å². The van der Waals surface area contributed by atoms with Gasteiger partial charge in [0.25, 0.3) is 0 Å². The molecule has 0 aliphatic heterocycles. The highest BCUT2D eigenvalue weighted by Gasteiger charge is 2.08. The third-order valence-corrected chi connectivity index (χ3v) is 4.19. The molecule has 0 saturated heterocycles. The summed E-state index contributed by atoms with van der Waals surface area (Å²) in [5, 5.41) is 8.78. The average molecular weight is 398 g/mol. The number of rotatable bonds is 10. The van der Waals surface area contributed by atoms with E-state index < -0.39 is 0 Å². The normalized spacial score (nSPS) is 10.7. The van der Waals surface area contributed by atoms with Crippen LogP contribution < -0.4 is 20.7 Å². The molecule has 0 aliphatic rings. The van der Waals surface area contributed by atoms with Gasteiger partial charge in [-0.15, -0.1) is 0 Å². The molecule has 6 nitrogen and oxygen atoms in total. The highest BCUT2D eigenvalue weighted by atomic mass is 16.5. The monoisotopic (exact) mass is 397 g/mol. The number of amides is 2. The molecule has 3 N–H and O–H groups in total. The maximum Gasteiger partial charge on any atom is 0.243 e. The van der Waals surface area contributed by atoms with Gasteiger partial charge < -0.3 is 20.7 Å². The van der Waals surface area contributed by atoms with Crippen molar-refractivity contribution in [1.29, 1.82) is 0 Å². The fourth-order valence-corrected chi connectivity index (χ4v) is 2.46. The van der Waals surface area contributed by atoms with Crippen molar-refractivity contribution in [2.45, 2.75) is 34.1 Å². The van der Waals surface area contributed by atoms with Gasteiger partial charge in [-0.1, -0.05) is 39.8 Å². The second-order valence-electron chi connectivity index (χ2n) is 7.69. The molecular weight excluding hydrogens is 366 g/mol. The number of ether oxygens (including phenoxy) is 1. The lowest BCUT2D eigenvalue weighted by atomic mass is 10.1. The molecule has 2 aromatic rings. The van der Waals surface area contributed by atoms with Crippen molar-refractivity contribution < 1.29 is 14.3 Å². The molecular formula is C23H31N3O3. The van der Waals surface area contributed by atoms with Crippen LogP contribution in [-0.4, -0.2) is 25.0 Å². The van der Waals surface area contributed by atoms with Crippen LogP contribution in [0.25, 0.3) is 0 Å². The van der Waals surface area contributed by atoms with Crippen LogP contribution in [0.15, 0.2) is 48.5 Å². The van der Waals surface area contributed by atoms with Crippen LogP contribution >= 0.6 is 0 Å². The van der Waals surface area contributed by atoms with E-state index in [0.717, 1.165) is 17.9 Å². The largest absolute Gasteiger partial charge is 0.494 e. The zero-order valence-electron chi connectivity index (χ0n) is 17.6. The van der Waals surface area contributed by atoms with Crippen molar-refractivity contribution in [3.63, 3.8) is 0 Å². The van der Waals surface area contributed by atoms with Gasteiger partial charge in [0.2, 0.25) is 11.8 Å². The van der Waals surface area contributed by atoms with E-state index in [2.05, 4.69) is 29.8 Å². The van der Waals surface area contributed by atoms with E-state index in [1.807, 2.05) is 56.3 Å². The van der Waals surface area contributed by atoms with Crippen LogP contribution in [0.4, 0.5) is 17.1 Å². The minimum atomic E-state index is -0.166. The minimum Gasteiger partial charge on any atom is -0.494 e. The third-order valence-electron chi connectivity index (χ3n) is 4.19. The predicted octanol–water partition coefficient (Wildman–Crippen LogP) is 4.76. The minimum absolute atomic E-state index is 0.0459. The lowest BCUT2D eigenvalue weighted by molar-refractivity contribution is -0.119. The Balaban J connectivity index is 1.85. The zero-order valence-corrected chi connectivity index (χ0v) is 17.6. The number of carbonyl (C=O) groups excluding carboxylic acids is 2. The molecule has 2 aromatic carbocycles. The number of nitrogens with one attached hydrogen (secondary N) is 3. The Hall–Kier alpha value is -3.02. The van der Waals surface area contributed by atoms with E-state index in [9.17, 15) is 9.59 Å². The lowest BCUT2D eigenvalue weighted by Gasteiger charge is -2.12. The number of hydrogen-bond donors (Lipinski definition) is 3. The molecule has 2 rings (SSSR count). The lowest BCUT2D eigenvalue weighted by Crippen LogP contribution is -2.22. The van der Waals surface area contributed by atoms with Gasteiger partial charge in [-0.05, 0) is 42.7 Å². The van der Waals surface area contributed by atoms with Crippen molar-refractivity contribution in [1.82, 2.24) is 0 Å². The number of carbonyl (C=O) groups is 2. The standard InChI is InChI=1S/C23H31N3O3/c1-16(2)11-12-29-21-10-6-9-20(14-21)25-22(27)15-24-18-7-5-8-19(13-18)26-23(28)17(3)4/h5-10,13-14,16-17,24H,11-12,15H2,1-4H3,(H,25,27)(H,26,28). The Morgan fingerprint density at radius 3 is 2.24 bits per heavy atom. The second-order valence-corrected chi connectivity index (χ2v) is 7.69. The average Bonchev–Trinajstić information content (AvgIpc) is 2.66. The van der Waals surface area contributed by atoms with Crippen LogP contribution in [0, 0.1) is 11.8 Å². The topological polar surface area (TPSA) is 79.5 Å². The first kappa shape index (κ1) is 22.3. The fraction of sp³-hybridized carbons (Fsp3) is 0.391. The van der Waals surface area contributed by atoms with Crippen LogP contribution in [0.5, 0.6) is 5.75 Å². The first-order valence-electron chi connectivity index (χ1n) is 10.0. The Morgan fingerprint density at radius 2 is 1.55 bits per heavy atom. The summed E-state index contributed by atoms with van der Waals surface area (Å²) in [6.45, 7) is 8.75. The molecule has 0 bridgehead atoms. The summed E-state index contributed by atoms with van der Waals surface area (Å²) < 4.78 is 5.73. The molecule has 0 spiro atoms. The summed E-state index contributed by atoms with van der Waals surface area (Å²) in [6.07, 6.45) is 0.983. The summed E-state index contributed by atoms with van der Waals surface area (Å²) >= 11 is 0. The van der Waals surface area contributed by atoms with Gasteiger partial charge in [-0.25, -0.2) is 0 Å². The second kappa shape index (κ2) is 11.1. The smallest absolute Gasteiger partial charge is 0.243 e. The number of benzene rings is 2. The molecule has 0 aromatic heterocycles. The molecule has 0 atom stereocenters. The molecule has 0 heterocycles. The molecule has 156 valence electrons. The predicted molar refractivity (Wildman–Crippen MR) is 118 cm³/mol. The molecule has 0 aliphatic carbocycles. The van der Waals surface area contributed by atoms with E-state index in [4.69, 9.17) is 4.74 Å². The summed E-state index contributed by atoms with van der Waals surface area (Å²) in [5.41, 5.74) is 2.14. The van der Waals surface area contributed by atoms with Gasteiger partial charge in [0.05, 0.1) is 13.2 Å². The van der Waals surface area contributed by atoms with E-state index in [0.29, 0.717) is 23.9 Å². The van der Waals surface area contributed by atoms with Gasteiger partial charge in [0.1, 0.15) is 5.75 Å². The van der Waals surface area contributed by atoms with Gasteiger partial charge in [0, 0.05) is 29.0 Å². The Labute approximate surface area is 173 Å². The first-order valence-corrected chi connectivity index (χ1v) is 10.0. The van der Waals surface area contributed by atoms with Crippen molar-refractivity contribution in [3.05, 3.63) is 48.5 Å². The molecule has 0 saturated carbocycles. The van der Waals surface area contributed by atoms with Crippen LogP contribution in [0.2, 0.25) is 0 Å². The highest BCUT2D eigenvalue weighted by molar-refractivity contribution is 5.94. The van der Waals surface area contributed by atoms with E-state index >= 15 is 0 Å². The fourth-order valence-electron chi connectivity index (χ4n) is 2.46. The third kappa shape index (κ3) is 8.25. The molecule has 0 fully saturated rings. The van der Waals surface area contributed by atoms with Crippen molar-refractivity contribution in [2.24, 2.45) is 11.8 Å². The summed E-state index contributed by atoms with van der Waals surface area (Å²) in [4.78, 5) is 24.1. The molecule has 0 unspecified atom stereocenters. The highest BCUT2D eigenvalue weighted by Crippen LogP contribution is 2.19. The first-order chi connectivity index (χ1) is 13.8. The Kier molecular flexibility index (Phi) is 8.52. The van der Waals surface area contributed by atoms with Crippen LogP contribution in [0.3, 0.4) is 0 Å². The summed E-state index contributed by atoms with van der Waals surface area (Å²) in [5.74, 6) is 1.02. The van der Waals surface area contributed by atoms with Crippen LogP contribution in [-0.2, 0) is 9.59 Å². The quantitative estimate of drug-likeness (QED) is 0.540. The van der Waals surface area contributed by atoms with Crippen LogP contribution in [0.1, 0.15) is 34.1 Å². The maximum atomic E-state index is 12.3. The number of hydrogen-bond acceptors (Lipinski definition) is 4. The van der Waals surface area contributed by atoms with E-state index in [1.54, 1.807) is 6.07 Å². The molecule has 29 heavy (non-hydrogen) atoms.